The van der Waals surface area contributed by atoms with Crippen molar-refractivity contribution in [1.82, 2.24) is 24.9 Å². The molecule has 1 aliphatic carbocycles. The first kappa shape index (κ1) is 18.1. The van der Waals surface area contributed by atoms with Gasteiger partial charge in [-0.05, 0) is 45.8 Å². The van der Waals surface area contributed by atoms with Crippen LogP contribution in [0.2, 0.25) is 0 Å². The Morgan fingerprint density at radius 2 is 1.71 bits per heavy atom. The minimum Gasteiger partial charge on any atom is -0.348 e. The SMILES string of the molecule is CN1CC2CC(NC(=O)c3nn(C4CCCC4)c4ccccc34)CC(C1)N2C. The summed E-state index contributed by atoms with van der Waals surface area (Å²) >= 11 is 0. The standard InChI is InChI=1S/C22H31N5O/c1-25-13-17-11-15(12-18(14-25)26(17)2)23-22(28)21-19-9-5-6-10-20(19)27(24-21)16-7-3-4-8-16/h5-6,9-10,15-18H,3-4,7-8,11-14H2,1-2H3,(H,23,28). The number of hydrogen-bond donors (Lipinski definition) is 1. The van der Waals surface area contributed by atoms with Gasteiger partial charge in [-0.3, -0.25) is 14.4 Å². The second-order valence-electron chi connectivity index (χ2n) is 9.08. The van der Waals surface area contributed by atoms with Crippen LogP contribution in [0.1, 0.15) is 55.1 Å². The van der Waals surface area contributed by atoms with Crippen molar-refractivity contribution < 1.29 is 4.79 Å². The van der Waals surface area contributed by atoms with Gasteiger partial charge in [0.2, 0.25) is 0 Å². The third-order valence-corrected chi connectivity index (χ3v) is 7.14. The second-order valence-corrected chi connectivity index (χ2v) is 9.08. The van der Waals surface area contributed by atoms with E-state index in [-0.39, 0.29) is 11.9 Å². The van der Waals surface area contributed by atoms with Crippen molar-refractivity contribution in [3.05, 3.63) is 30.0 Å². The quantitative estimate of drug-likeness (QED) is 0.888. The topological polar surface area (TPSA) is 53.4 Å². The van der Waals surface area contributed by atoms with Gasteiger partial charge >= 0.3 is 0 Å². The molecular weight excluding hydrogens is 350 g/mol. The monoisotopic (exact) mass is 381 g/mol. The second kappa shape index (κ2) is 7.16. The molecule has 3 fully saturated rings. The molecule has 3 heterocycles. The number of carbonyl (C=O) groups is 1. The molecule has 6 heteroatoms. The number of carbonyl (C=O) groups excluding carboxylic acids is 1. The molecule has 2 saturated heterocycles. The molecule has 1 aromatic heterocycles. The van der Waals surface area contributed by atoms with E-state index >= 15 is 0 Å². The minimum absolute atomic E-state index is 0.00562. The van der Waals surface area contributed by atoms with E-state index in [4.69, 9.17) is 5.10 Å². The molecule has 2 aromatic rings. The summed E-state index contributed by atoms with van der Waals surface area (Å²) in [6, 6.07) is 9.92. The molecule has 2 unspecified atom stereocenters. The summed E-state index contributed by atoms with van der Waals surface area (Å²) in [5.41, 5.74) is 1.70. The molecule has 28 heavy (non-hydrogen) atoms. The Morgan fingerprint density at radius 3 is 2.43 bits per heavy atom. The van der Waals surface area contributed by atoms with Gasteiger partial charge in [-0.25, -0.2) is 0 Å². The van der Waals surface area contributed by atoms with Gasteiger partial charge in [0, 0.05) is 36.6 Å². The maximum Gasteiger partial charge on any atom is 0.272 e. The maximum absolute atomic E-state index is 13.2. The van der Waals surface area contributed by atoms with Crippen LogP contribution >= 0.6 is 0 Å². The molecular formula is C22H31N5O. The largest absolute Gasteiger partial charge is 0.348 e. The van der Waals surface area contributed by atoms with Crippen molar-refractivity contribution >= 4 is 16.8 Å². The average Bonchev–Trinajstić information content (AvgIpc) is 3.31. The highest BCUT2D eigenvalue weighted by atomic mass is 16.2. The van der Waals surface area contributed by atoms with Crippen molar-refractivity contribution in [2.45, 2.75) is 62.7 Å². The van der Waals surface area contributed by atoms with Crippen LogP contribution in [0.5, 0.6) is 0 Å². The van der Waals surface area contributed by atoms with Gasteiger partial charge in [0.1, 0.15) is 0 Å². The zero-order chi connectivity index (χ0) is 19.3. The highest BCUT2D eigenvalue weighted by molar-refractivity contribution is 6.05. The third kappa shape index (κ3) is 3.12. The Hall–Kier alpha value is -1.92. The fourth-order valence-corrected chi connectivity index (χ4v) is 5.64. The van der Waals surface area contributed by atoms with E-state index in [9.17, 15) is 4.79 Å². The third-order valence-electron chi connectivity index (χ3n) is 7.14. The van der Waals surface area contributed by atoms with Crippen molar-refractivity contribution in [3.63, 3.8) is 0 Å². The summed E-state index contributed by atoms with van der Waals surface area (Å²) in [5, 5.41) is 9.14. The molecule has 150 valence electrons. The molecule has 6 nitrogen and oxygen atoms in total. The number of amides is 1. The van der Waals surface area contributed by atoms with Crippen molar-refractivity contribution in [1.29, 1.82) is 0 Å². The van der Waals surface area contributed by atoms with Crippen LogP contribution in [0.3, 0.4) is 0 Å². The van der Waals surface area contributed by atoms with E-state index in [1.54, 1.807) is 0 Å². The molecule has 2 aliphatic heterocycles. The molecule has 1 N–H and O–H groups in total. The predicted octanol–water partition coefficient (Wildman–Crippen LogP) is 2.66. The summed E-state index contributed by atoms with van der Waals surface area (Å²) in [5.74, 6) is -0.00562. The van der Waals surface area contributed by atoms with Crippen LogP contribution in [0.15, 0.2) is 24.3 Å². The Bertz CT molecular complexity index is 855. The fraction of sp³-hybridized carbons (Fsp3) is 0.636. The number of likely N-dealkylation sites (N-methyl/N-ethyl adjacent to an activating group) is 2. The number of fused-ring (bicyclic) bond motifs is 3. The molecule has 1 aromatic carbocycles. The van der Waals surface area contributed by atoms with E-state index in [1.807, 2.05) is 18.2 Å². The number of likely N-dealkylation sites (tertiary alicyclic amines) is 1. The number of nitrogens with one attached hydrogen (secondary N) is 1. The summed E-state index contributed by atoms with van der Waals surface area (Å²) in [4.78, 5) is 18.1. The summed E-state index contributed by atoms with van der Waals surface area (Å²) in [6.45, 7) is 2.16. The first-order valence-electron chi connectivity index (χ1n) is 10.8. The van der Waals surface area contributed by atoms with Crippen LogP contribution in [0, 0.1) is 0 Å². The van der Waals surface area contributed by atoms with Gasteiger partial charge in [-0.1, -0.05) is 31.0 Å². The number of piperidine rings is 1. The van der Waals surface area contributed by atoms with Crippen LogP contribution in [-0.4, -0.2) is 70.8 Å². The number of aromatic nitrogens is 2. The lowest BCUT2D eigenvalue weighted by Gasteiger charge is -2.50. The molecule has 0 radical (unpaired) electrons. The number of benzene rings is 1. The lowest BCUT2D eigenvalue weighted by molar-refractivity contribution is 0.00837. The van der Waals surface area contributed by atoms with E-state index < -0.39 is 0 Å². The number of para-hydroxylation sites is 1. The Balaban J connectivity index is 1.38. The summed E-state index contributed by atoms with van der Waals surface area (Å²) < 4.78 is 2.12. The Morgan fingerprint density at radius 1 is 1.04 bits per heavy atom. The van der Waals surface area contributed by atoms with E-state index in [1.165, 1.54) is 25.7 Å². The Labute approximate surface area is 166 Å². The van der Waals surface area contributed by atoms with Gasteiger partial charge in [-0.15, -0.1) is 0 Å². The average molecular weight is 382 g/mol. The zero-order valence-corrected chi connectivity index (χ0v) is 17.0. The molecule has 1 amide bonds. The number of rotatable bonds is 3. The Kier molecular flexibility index (Phi) is 4.63. The lowest BCUT2D eigenvalue weighted by atomic mass is 9.88. The first-order valence-corrected chi connectivity index (χ1v) is 10.8. The van der Waals surface area contributed by atoms with Gasteiger partial charge in [0.15, 0.2) is 5.69 Å². The maximum atomic E-state index is 13.2. The van der Waals surface area contributed by atoms with Crippen LogP contribution in [0.25, 0.3) is 10.9 Å². The molecule has 2 atom stereocenters. The highest BCUT2D eigenvalue weighted by Gasteiger charge is 2.38. The number of hydrogen-bond acceptors (Lipinski definition) is 4. The van der Waals surface area contributed by atoms with E-state index in [0.29, 0.717) is 23.8 Å². The number of piperazine rings is 1. The van der Waals surface area contributed by atoms with Gasteiger partial charge in [-0.2, -0.15) is 5.10 Å². The zero-order valence-electron chi connectivity index (χ0n) is 17.0. The predicted molar refractivity (Wildman–Crippen MR) is 111 cm³/mol. The molecule has 5 rings (SSSR count). The minimum atomic E-state index is -0.00562. The molecule has 2 bridgehead atoms. The van der Waals surface area contributed by atoms with Crippen molar-refractivity contribution in [3.8, 4) is 0 Å². The lowest BCUT2D eigenvalue weighted by Crippen LogP contribution is -2.63. The highest BCUT2D eigenvalue weighted by Crippen LogP contribution is 2.33. The van der Waals surface area contributed by atoms with Crippen molar-refractivity contribution in [2.24, 2.45) is 0 Å². The van der Waals surface area contributed by atoms with Gasteiger partial charge in [0.05, 0.1) is 11.6 Å². The summed E-state index contributed by atoms with van der Waals surface area (Å²) in [7, 11) is 4.44. The van der Waals surface area contributed by atoms with Crippen LogP contribution < -0.4 is 5.32 Å². The number of nitrogens with zero attached hydrogens (tertiary/aromatic N) is 4. The normalized spacial score (nSPS) is 29.4. The van der Waals surface area contributed by atoms with Crippen LogP contribution in [0.4, 0.5) is 0 Å². The van der Waals surface area contributed by atoms with E-state index in [2.05, 4.69) is 40.0 Å². The molecule has 3 aliphatic rings. The van der Waals surface area contributed by atoms with Crippen molar-refractivity contribution in [2.75, 3.05) is 27.2 Å². The first-order chi connectivity index (χ1) is 13.6. The van der Waals surface area contributed by atoms with Gasteiger partial charge < -0.3 is 10.2 Å². The van der Waals surface area contributed by atoms with E-state index in [0.717, 1.165) is 36.8 Å². The molecule has 0 spiro atoms. The summed E-state index contributed by atoms with van der Waals surface area (Å²) in [6.07, 6.45) is 6.88. The fourth-order valence-electron chi connectivity index (χ4n) is 5.64. The smallest absolute Gasteiger partial charge is 0.272 e. The molecule has 1 saturated carbocycles. The van der Waals surface area contributed by atoms with Gasteiger partial charge in [0.25, 0.3) is 5.91 Å². The van der Waals surface area contributed by atoms with Crippen LogP contribution in [-0.2, 0) is 0 Å².